The van der Waals surface area contributed by atoms with Crippen molar-refractivity contribution < 1.29 is 14.7 Å². The van der Waals surface area contributed by atoms with E-state index in [0.29, 0.717) is 13.0 Å². The molecule has 0 rings (SSSR count). The molecule has 0 saturated heterocycles. The Hall–Kier alpha value is -1.50. The van der Waals surface area contributed by atoms with E-state index in [4.69, 9.17) is 11.5 Å². The van der Waals surface area contributed by atoms with Gasteiger partial charge in [-0.15, -0.1) is 6.42 Å². The lowest BCUT2D eigenvalue weighted by Gasteiger charge is -2.15. The van der Waals surface area contributed by atoms with Crippen molar-refractivity contribution in [2.24, 2.45) is 0 Å². The van der Waals surface area contributed by atoms with Crippen LogP contribution in [-0.2, 0) is 9.59 Å². The zero-order valence-electron chi connectivity index (χ0n) is 6.91. The van der Waals surface area contributed by atoms with Gasteiger partial charge in [0.25, 0.3) is 5.91 Å². The summed E-state index contributed by atoms with van der Waals surface area (Å²) in [4.78, 5) is 22.2. The standard InChI is InChI=1S/C8H11NO3/c1-3-5-9(6-8(11)12)7(10)4-2/h2H,3,5-6H2,1H3,(H,11,12). The second kappa shape index (κ2) is 5.19. The molecule has 0 spiro atoms. The molecule has 0 fully saturated rings. The number of aliphatic carboxylic acids is 1. The van der Waals surface area contributed by atoms with E-state index in [-0.39, 0.29) is 6.54 Å². The highest BCUT2D eigenvalue weighted by Gasteiger charge is 2.12. The van der Waals surface area contributed by atoms with Crippen molar-refractivity contribution in [3.63, 3.8) is 0 Å². The van der Waals surface area contributed by atoms with Crippen LogP contribution in [0.2, 0.25) is 0 Å². The van der Waals surface area contributed by atoms with Crippen molar-refractivity contribution in [1.29, 1.82) is 0 Å². The Bertz CT molecular complexity index is 217. The topological polar surface area (TPSA) is 57.6 Å². The molecule has 0 atom stereocenters. The summed E-state index contributed by atoms with van der Waals surface area (Å²) in [6.07, 6.45) is 5.54. The monoisotopic (exact) mass is 169 g/mol. The quantitative estimate of drug-likeness (QED) is 0.600. The van der Waals surface area contributed by atoms with Crippen LogP contribution in [0.4, 0.5) is 0 Å². The third kappa shape index (κ3) is 3.62. The fraction of sp³-hybridized carbons (Fsp3) is 0.500. The first-order chi connectivity index (χ1) is 5.61. The van der Waals surface area contributed by atoms with Crippen molar-refractivity contribution in [3.8, 4) is 12.3 Å². The molecule has 0 aliphatic heterocycles. The largest absolute Gasteiger partial charge is 0.480 e. The molecule has 0 aliphatic rings. The number of terminal acetylenes is 1. The molecule has 0 radical (unpaired) electrons. The SMILES string of the molecule is C#CC(=O)N(CCC)CC(=O)O. The first-order valence-electron chi connectivity index (χ1n) is 3.59. The van der Waals surface area contributed by atoms with Crippen LogP contribution in [0, 0.1) is 12.3 Å². The average molecular weight is 169 g/mol. The third-order valence-electron chi connectivity index (χ3n) is 1.23. The van der Waals surface area contributed by atoms with Crippen LogP contribution in [-0.4, -0.2) is 35.0 Å². The fourth-order valence-electron chi connectivity index (χ4n) is 0.777. The molecule has 0 aromatic carbocycles. The number of hydrogen-bond donors (Lipinski definition) is 1. The highest BCUT2D eigenvalue weighted by Crippen LogP contribution is 1.91. The van der Waals surface area contributed by atoms with Crippen LogP contribution in [0.15, 0.2) is 0 Å². The summed E-state index contributed by atoms with van der Waals surface area (Å²) in [6.45, 7) is 1.91. The molecule has 0 saturated carbocycles. The van der Waals surface area contributed by atoms with Gasteiger partial charge in [-0.05, 0) is 12.3 Å². The predicted octanol–water partition coefficient (Wildman–Crippen LogP) is -0.0572. The zero-order chi connectivity index (χ0) is 9.56. The number of carboxylic acid groups (broad SMARTS) is 1. The Morgan fingerprint density at radius 2 is 2.17 bits per heavy atom. The number of amides is 1. The van der Waals surface area contributed by atoms with Crippen molar-refractivity contribution in [2.45, 2.75) is 13.3 Å². The first-order valence-corrected chi connectivity index (χ1v) is 3.59. The van der Waals surface area contributed by atoms with Crippen molar-refractivity contribution in [3.05, 3.63) is 0 Å². The Balaban J connectivity index is 4.14. The molecular weight excluding hydrogens is 158 g/mol. The van der Waals surface area contributed by atoms with Crippen LogP contribution >= 0.6 is 0 Å². The van der Waals surface area contributed by atoms with Crippen molar-refractivity contribution in [1.82, 2.24) is 4.90 Å². The second-order valence-corrected chi connectivity index (χ2v) is 2.26. The minimum Gasteiger partial charge on any atom is -0.480 e. The summed E-state index contributed by atoms with van der Waals surface area (Å²) in [5, 5.41) is 8.39. The molecule has 4 heteroatoms. The number of carboxylic acids is 1. The van der Waals surface area contributed by atoms with E-state index < -0.39 is 11.9 Å². The van der Waals surface area contributed by atoms with Crippen molar-refractivity contribution >= 4 is 11.9 Å². The Morgan fingerprint density at radius 1 is 1.58 bits per heavy atom. The van der Waals surface area contributed by atoms with Gasteiger partial charge < -0.3 is 10.0 Å². The fourth-order valence-corrected chi connectivity index (χ4v) is 0.777. The van der Waals surface area contributed by atoms with Crippen LogP contribution in [0.5, 0.6) is 0 Å². The lowest BCUT2D eigenvalue weighted by molar-refractivity contribution is -0.142. The summed E-state index contributed by atoms with van der Waals surface area (Å²) < 4.78 is 0. The van der Waals surface area contributed by atoms with Gasteiger partial charge in [0, 0.05) is 6.54 Å². The maximum atomic E-state index is 10.9. The smallest absolute Gasteiger partial charge is 0.323 e. The van der Waals surface area contributed by atoms with Gasteiger partial charge in [0.2, 0.25) is 0 Å². The number of nitrogens with zero attached hydrogens (tertiary/aromatic N) is 1. The van der Waals surface area contributed by atoms with E-state index in [1.807, 2.05) is 12.8 Å². The lowest BCUT2D eigenvalue weighted by Crippen LogP contribution is -2.35. The highest BCUT2D eigenvalue weighted by atomic mass is 16.4. The molecule has 0 aliphatic carbocycles. The molecular formula is C8H11NO3. The first kappa shape index (κ1) is 10.5. The van der Waals surface area contributed by atoms with Gasteiger partial charge in [0.15, 0.2) is 0 Å². The van der Waals surface area contributed by atoms with Crippen molar-refractivity contribution in [2.75, 3.05) is 13.1 Å². The molecule has 4 nitrogen and oxygen atoms in total. The summed E-state index contributed by atoms with van der Waals surface area (Å²) in [5.41, 5.74) is 0. The van der Waals surface area contributed by atoms with Gasteiger partial charge in [0.05, 0.1) is 0 Å². The second-order valence-electron chi connectivity index (χ2n) is 2.26. The van der Waals surface area contributed by atoms with Crippen LogP contribution in [0.1, 0.15) is 13.3 Å². The summed E-state index contributed by atoms with van der Waals surface area (Å²) in [7, 11) is 0. The molecule has 0 unspecified atom stereocenters. The minimum atomic E-state index is -1.05. The molecule has 1 amide bonds. The number of carbonyl (C=O) groups is 2. The van der Waals surface area contributed by atoms with E-state index in [1.165, 1.54) is 0 Å². The molecule has 0 bridgehead atoms. The van der Waals surface area contributed by atoms with Gasteiger partial charge in [-0.3, -0.25) is 9.59 Å². The normalized spacial score (nSPS) is 8.67. The van der Waals surface area contributed by atoms with Gasteiger partial charge >= 0.3 is 5.97 Å². The molecule has 0 aromatic heterocycles. The summed E-state index contributed by atoms with van der Waals surface area (Å²) in [5.74, 6) is 0.260. The highest BCUT2D eigenvalue weighted by molar-refractivity contribution is 5.94. The van der Waals surface area contributed by atoms with Crippen LogP contribution in [0.3, 0.4) is 0 Å². The molecule has 0 heterocycles. The maximum Gasteiger partial charge on any atom is 0.323 e. The predicted molar refractivity (Wildman–Crippen MR) is 43.3 cm³/mol. The minimum absolute atomic E-state index is 0.323. The molecule has 1 N–H and O–H groups in total. The van der Waals surface area contributed by atoms with Gasteiger partial charge in [0.1, 0.15) is 6.54 Å². The van der Waals surface area contributed by atoms with Gasteiger partial charge in [-0.25, -0.2) is 0 Å². The van der Waals surface area contributed by atoms with E-state index in [0.717, 1.165) is 4.90 Å². The maximum absolute atomic E-state index is 10.9. The van der Waals surface area contributed by atoms with Gasteiger partial charge in [-0.2, -0.15) is 0 Å². The van der Waals surface area contributed by atoms with E-state index in [2.05, 4.69) is 0 Å². The number of rotatable bonds is 4. The number of carbonyl (C=O) groups excluding carboxylic acids is 1. The molecule has 66 valence electrons. The zero-order valence-corrected chi connectivity index (χ0v) is 6.91. The molecule has 0 aromatic rings. The summed E-state index contributed by atoms with van der Waals surface area (Å²) >= 11 is 0. The Morgan fingerprint density at radius 3 is 2.50 bits per heavy atom. The molecule has 12 heavy (non-hydrogen) atoms. The van der Waals surface area contributed by atoms with E-state index >= 15 is 0 Å². The van der Waals surface area contributed by atoms with Gasteiger partial charge in [-0.1, -0.05) is 6.92 Å². The van der Waals surface area contributed by atoms with E-state index in [9.17, 15) is 9.59 Å². The van der Waals surface area contributed by atoms with E-state index in [1.54, 1.807) is 0 Å². The van der Waals surface area contributed by atoms with Crippen LogP contribution < -0.4 is 0 Å². The average Bonchev–Trinajstić information content (AvgIpc) is 2.01. The number of hydrogen-bond acceptors (Lipinski definition) is 2. The van der Waals surface area contributed by atoms with Crippen LogP contribution in [0.25, 0.3) is 0 Å². The summed E-state index contributed by atoms with van der Waals surface area (Å²) in [6, 6.07) is 0. The lowest BCUT2D eigenvalue weighted by atomic mass is 10.4. The Kier molecular flexibility index (Phi) is 4.54. The Labute approximate surface area is 71.2 Å². The third-order valence-corrected chi connectivity index (χ3v) is 1.23.